The Labute approximate surface area is 90.5 Å². The van der Waals surface area contributed by atoms with Crippen LogP contribution in [0.3, 0.4) is 0 Å². The molecule has 0 bridgehead atoms. The fraction of sp³-hybridized carbons (Fsp3) is 0.500. The lowest BCUT2D eigenvalue weighted by molar-refractivity contribution is 0.220. The van der Waals surface area contributed by atoms with Crippen LogP contribution < -0.4 is 0 Å². The third-order valence-electron chi connectivity index (χ3n) is 1.91. The fourth-order valence-electron chi connectivity index (χ4n) is 1.50. The smallest absolute Gasteiger partial charge is 0.0602 e. The van der Waals surface area contributed by atoms with Gasteiger partial charge in [-0.2, -0.15) is 11.8 Å². The molecule has 0 aromatic heterocycles. The molecule has 0 radical (unpaired) electrons. The van der Waals surface area contributed by atoms with E-state index in [0.717, 1.165) is 11.5 Å². The second kappa shape index (κ2) is 5.42. The molecule has 1 unspecified atom stereocenters. The van der Waals surface area contributed by atoms with Crippen LogP contribution in [-0.4, -0.2) is 17.0 Å². The van der Waals surface area contributed by atoms with Crippen LogP contribution in [0.1, 0.15) is 23.6 Å². The summed E-state index contributed by atoms with van der Waals surface area (Å²) in [5.41, 5.74) is 3.99. The van der Waals surface area contributed by atoms with Crippen LogP contribution in [0.25, 0.3) is 0 Å². The van der Waals surface area contributed by atoms with Gasteiger partial charge in [0.2, 0.25) is 0 Å². The number of thioether (sulfide) groups is 1. The van der Waals surface area contributed by atoms with Gasteiger partial charge in [0.25, 0.3) is 0 Å². The van der Waals surface area contributed by atoms with Crippen molar-refractivity contribution in [2.75, 3.05) is 5.75 Å². The minimum Gasteiger partial charge on any atom is -0.393 e. The lowest BCUT2D eigenvalue weighted by Gasteiger charge is -2.06. The Morgan fingerprint density at radius 3 is 2.29 bits per heavy atom. The predicted molar refractivity (Wildman–Crippen MR) is 63.8 cm³/mol. The Balaban J connectivity index is 2.50. The van der Waals surface area contributed by atoms with Gasteiger partial charge in [0.1, 0.15) is 0 Å². The van der Waals surface area contributed by atoms with Crippen molar-refractivity contribution in [2.24, 2.45) is 0 Å². The van der Waals surface area contributed by atoms with Gasteiger partial charge in [0.15, 0.2) is 0 Å². The summed E-state index contributed by atoms with van der Waals surface area (Å²) in [6.45, 7) is 6.07. The van der Waals surface area contributed by atoms with Gasteiger partial charge in [-0.25, -0.2) is 0 Å². The first kappa shape index (κ1) is 11.6. The SMILES string of the molecule is Cc1cc(C)cc(CSCC(C)O)c1. The summed E-state index contributed by atoms with van der Waals surface area (Å²) in [6.07, 6.45) is -0.203. The maximum Gasteiger partial charge on any atom is 0.0602 e. The van der Waals surface area contributed by atoms with Crippen LogP contribution >= 0.6 is 11.8 Å². The maximum atomic E-state index is 9.12. The average molecular weight is 210 g/mol. The Bertz CT molecular complexity index is 274. The highest BCUT2D eigenvalue weighted by Crippen LogP contribution is 2.16. The summed E-state index contributed by atoms with van der Waals surface area (Å²) in [5.74, 6) is 1.81. The molecule has 0 aliphatic carbocycles. The van der Waals surface area contributed by atoms with Crippen molar-refractivity contribution in [3.05, 3.63) is 34.9 Å². The highest BCUT2D eigenvalue weighted by molar-refractivity contribution is 7.98. The second-order valence-electron chi connectivity index (χ2n) is 3.86. The Kier molecular flexibility index (Phi) is 4.49. The predicted octanol–water partition coefficient (Wildman–Crippen LogP) is 2.92. The van der Waals surface area contributed by atoms with E-state index in [4.69, 9.17) is 5.11 Å². The first-order valence-electron chi connectivity index (χ1n) is 4.91. The fourth-order valence-corrected chi connectivity index (χ4v) is 2.36. The van der Waals surface area contributed by atoms with E-state index in [2.05, 4.69) is 32.0 Å². The van der Waals surface area contributed by atoms with Crippen molar-refractivity contribution in [1.82, 2.24) is 0 Å². The highest BCUT2D eigenvalue weighted by Gasteiger charge is 1.99. The molecular weight excluding hydrogens is 192 g/mol. The highest BCUT2D eigenvalue weighted by atomic mass is 32.2. The van der Waals surface area contributed by atoms with E-state index < -0.39 is 0 Å². The van der Waals surface area contributed by atoms with E-state index in [-0.39, 0.29) is 6.10 Å². The van der Waals surface area contributed by atoms with Crippen molar-refractivity contribution in [1.29, 1.82) is 0 Å². The molecule has 0 saturated carbocycles. The molecule has 78 valence electrons. The summed E-state index contributed by atoms with van der Waals surface area (Å²) in [4.78, 5) is 0. The van der Waals surface area contributed by atoms with E-state index in [1.165, 1.54) is 16.7 Å². The number of hydrogen-bond acceptors (Lipinski definition) is 2. The van der Waals surface area contributed by atoms with Gasteiger partial charge in [-0.3, -0.25) is 0 Å². The minimum absolute atomic E-state index is 0.203. The quantitative estimate of drug-likeness (QED) is 0.824. The van der Waals surface area contributed by atoms with Crippen LogP contribution in [-0.2, 0) is 5.75 Å². The molecule has 0 saturated heterocycles. The maximum absolute atomic E-state index is 9.12. The van der Waals surface area contributed by atoms with Crippen LogP contribution in [0.15, 0.2) is 18.2 Å². The molecule has 0 fully saturated rings. The summed E-state index contributed by atoms with van der Waals surface area (Å²) in [6, 6.07) is 6.60. The molecule has 0 heterocycles. The first-order chi connectivity index (χ1) is 6.58. The van der Waals surface area contributed by atoms with Gasteiger partial charge >= 0.3 is 0 Å². The summed E-state index contributed by atoms with van der Waals surface area (Å²) < 4.78 is 0. The number of aliphatic hydroxyl groups is 1. The summed E-state index contributed by atoms with van der Waals surface area (Å²) in [7, 11) is 0. The van der Waals surface area contributed by atoms with Crippen molar-refractivity contribution < 1.29 is 5.11 Å². The number of benzene rings is 1. The third kappa shape index (κ3) is 4.16. The largest absolute Gasteiger partial charge is 0.393 e. The standard InChI is InChI=1S/C12H18OS/c1-9-4-10(2)6-12(5-9)8-14-7-11(3)13/h4-6,11,13H,7-8H2,1-3H3. The van der Waals surface area contributed by atoms with Crippen LogP contribution in [0.4, 0.5) is 0 Å². The zero-order chi connectivity index (χ0) is 10.6. The van der Waals surface area contributed by atoms with Gasteiger partial charge in [-0.05, 0) is 26.3 Å². The minimum atomic E-state index is -0.203. The monoisotopic (exact) mass is 210 g/mol. The molecule has 0 aliphatic heterocycles. The second-order valence-corrected chi connectivity index (χ2v) is 4.89. The van der Waals surface area contributed by atoms with Gasteiger partial charge in [-0.15, -0.1) is 0 Å². The Morgan fingerprint density at radius 2 is 1.79 bits per heavy atom. The van der Waals surface area contributed by atoms with Crippen molar-refractivity contribution in [3.63, 3.8) is 0 Å². The molecule has 0 aliphatic rings. The molecule has 1 aromatic carbocycles. The van der Waals surface area contributed by atoms with Gasteiger partial charge in [0.05, 0.1) is 6.10 Å². The average Bonchev–Trinajstić information content (AvgIpc) is 2.01. The number of rotatable bonds is 4. The van der Waals surface area contributed by atoms with E-state index in [1.54, 1.807) is 11.8 Å². The Hall–Kier alpha value is -0.470. The molecule has 1 nitrogen and oxygen atoms in total. The topological polar surface area (TPSA) is 20.2 Å². The zero-order valence-corrected chi connectivity index (χ0v) is 9.90. The first-order valence-corrected chi connectivity index (χ1v) is 6.06. The molecule has 1 aromatic rings. The van der Waals surface area contributed by atoms with Crippen molar-refractivity contribution in [3.8, 4) is 0 Å². The third-order valence-corrected chi connectivity index (χ3v) is 3.16. The zero-order valence-electron chi connectivity index (χ0n) is 9.08. The van der Waals surface area contributed by atoms with Crippen LogP contribution in [0.5, 0.6) is 0 Å². The lowest BCUT2D eigenvalue weighted by atomic mass is 10.1. The normalized spacial score (nSPS) is 12.9. The molecule has 1 N–H and O–H groups in total. The molecule has 0 amide bonds. The van der Waals surface area contributed by atoms with E-state index in [0.29, 0.717) is 0 Å². The molecule has 14 heavy (non-hydrogen) atoms. The molecule has 1 atom stereocenters. The van der Waals surface area contributed by atoms with E-state index in [9.17, 15) is 0 Å². The summed E-state index contributed by atoms with van der Waals surface area (Å²) in [5, 5.41) is 9.12. The number of aliphatic hydroxyl groups excluding tert-OH is 1. The van der Waals surface area contributed by atoms with Crippen molar-refractivity contribution >= 4 is 11.8 Å². The lowest BCUT2D eigenvalue weighted by Crippen LogP contribution is -2.02. The van der Waals surface area contributed by atoms with E-state index >= 15 is 0 Å². The van der Waals surface area contributed by atoms with E-state index in [1.807, 2.05) is 6.92 Å². The number of hydrogen-bond donors (Lipinski definition) is 1. The van der Waals surface area contributed by atoms with Crippen LogP contribution in [0.2, 0.25) is 0 Å². The molecular formula is C12H18OS. The van der Waals surface area contributed by atoms with Gasteiger partial charge in [-0.1, -0.05) is 29.3 Å². The summed E-state index contributed by atoms with van der Waals surface area (Å²) >= 11 is 1.78. The van der Waals surface area contributed by atoms with Gasteiger partial charge < -0.3 is 5.11 Å². The van der Waals surface area contributed by atoms with Crippen LogP contribution in [0, 0.1) is 13.8 Å². The molecule has 2 heteroatoms. The Morgan fingerprint density at radius 1 is 1.21 bits per heavy atom. The molecule has 1 rings (SSSR count). The van der Waals surface area contributed by atoms with Gasteiger partial charge in [0, 0.05) is 11.5 Å². The van der Waals surface area contributed by atoms with Crippen molar-refractivity contribution in [2.45, 2.75) is 32.6 Å². The molecule has 0 spiro atoms. The number of aryl methyl sites for hydroxylation is 2.